The summed E-state index contributed by atoms with van der Waals surface area (Å²) in [6.07, 6.45) is 6.60. The summed E-state index contributed by atoms with van der Waals surface area (Å²) < 4.78 is 0. The van der Waals surface area contributed by atoms with Crippen LogP contribution in [0.25, 0.3) is 10.9 Å². The van der Waals surface area contributed by atoms with Gasteiger partial charge in [-0.3, -0.25) is 9.78 Å². The molecule has 1 aromatic heterocycles. The normalized spacial score (nSPS) is 14.8. The molecule has 1 N–H and O–H groups in total. The monoisotopic (exact) mass is 330 g/mol. The topological polar surface area (TPSA) is 42.0 Å². The molecule has 3 nitrogen and oxygen atoms in total. The molecule has 4 rings (SSSR count). The summed E-state index contributed by atoms with van der Waals surface area (Å²) in [6.45, 7) is 2.04. The smallest absolute Gasteiger partial charge is 0.253 e. The molecule has 3 heteroatoms. The van der Waals surface area contributed by atoms with Gasteiger partial charge in [-0.15, -0.1) is 0 Å². The molecule has 0 bridgehead atoms. The Hall–Kier alpha value is -2.68. The van der Waals surface area contributed by atoms with Gasteiger partial charge in [0.1, 0.15) is 0 Å². The molecule has 25 heavy (non-hydrogen) atoms. The van der Waals surface area contributed by atoms with E-state index >= 15 is 0 Å². The molecular formula is C22H22N2O. The largest absolute Gasteiger partial charge is 0.345 e. The molecule has 0 radical (unpaired) electrons. The van der Waals surface area contributed by atoms with Crippen molar-refractivity contribution in [3.63, 3.8) is 0 Å². The van der Waals surface area contributed by atoms with Crippen molar-refractivity contribution in [2.75, 3.05) is 0 Å². The molecule has 1 atom stereocenters. The van der Waals surface area contributed by atoms with E-state index in [1.807, 2.05) is 37.3 Å². The summed E-state index contributed by atoms with van der Waals surface area (Å²) in [7, 11) is 0. The predicted octanol–water partition coefficient (Wildman–Crippen LogP) is 4.60. The van der Waals surface area contributed by atoms with Crippen LogP contribution >= 0.6 is 0 Å². The molecule has 1 heterocycles. The van der Waals surface area contributed by atoms with Crippen LogP contribution in [0.3, 0.4) is 0 Å². The molecular weight excluding hydrogens is 308 g/mol. The van der Waals surface area contributed by atoms with Gasteiger partial charge in [-0.1, -0.05) is 36.4 Å². The quantitative estimate of drug-likeness (QED) is 0.762. The standard InChI is InChI=1S/C22H22N2O/c1-15(18-12-11-16-6-2-3-7-19(16)14-18)24-22(25)20-10-4-8-17-9-5-13-23-21(17)20/h4-5,8-15H,2-3,6-7H2,1H3,(H,24,25). The van der Waals surface area contributed by atoms with Gasteiger partial charge in [0.05, 0.1) is 17.1 Å². The number of fused-ring (bicyclic) bond motifs is 2. The van der Waals surface area contributed by atoms with Gasteiger partial charge < -0.3 is 5.32 Å². The van der Waals surface area contributed by atoms with Crippen LogP contribution in [0.4, 0.5) is 0 Å². The van der Waals surface area contributed by atoms with Crippen molar-refractivity contribution in [2.45, 2.75) is 38.6 Å². The molecule has 1 amide bonds. The van der Waals surface area contributed by atoms with Crippen LogP contribution in [0, 0.1) is 0 Å². The average Bonchev–Trinajstić information content (AvgIpc) is 2.67. The minimum absolute atomic E-state index is 0.0290. The highest BCUT2D eigenvalue weighted by Gasteiger charge is 2.16. The third kappa shape index (κ3) is 3.14. The lowest BCUT2D eigenvalue weighted by molar-refractivity contribution is 0.0941. The number of benzene rings is 2. The number of nitrogens with one attached hydrogen (secondary N) is 1. The Kier molecular flexibility index (Phi) is 4.22. The number of para-hydroxylation sites is 1. The van der Waals surface area contributed by atoms with Crippen molar-refractivity contribution in [1.29, 1.82) is 0 Å². The van der Waals surface area contributed by atoms with Crippen molar-refractivity contribution in [3.8, 4) is 0 Å². The van der Waals surface area contributed by atoms with E-state index in [9.17, 15) is 4.79 Å². The first-order valence-electron chi connectivity index (χ1n) is 8.99. The third-order valence-electron chi connectivity index (χ3n) is 5.10. The van der Waals surface area contributed by atoms with Gasteiger partial charge in [0, 0.05) is 11.6 Å². The van der Waals surface area contributed by atoms with E-state index in [0.717, 1.165) is 17.3 Å². The molecule has 0 saturated heterocycles. The predicted molar refractivity (Wildman–Crippen MR) is 101 cm³/mol. The van der Waals surface area contributed by atoms with E-state index in [-0.39, 0.29) is 11.9 Å². The van der Waals surface area contributed by atoms with Crippen molar-refractivity contribution in [1.82, 2.24) is 10.3 Å². The number of hydrogen-bond acceptors (Lipinski definition) is 2. The number of rotatable bonds is 3. The van der Waals surface area contributed by atoms with Crippen LogP contribution in [-0.4, -0.2) is 10.9 Å². The van der Waals surface area contributed by atoms with Crippen LogP contribution in [0.15, 0.2) is 54.7 Å². The molecule has 0 spiro atoms. The Morgan fingerprint density at radius 1 is 1.04 bits per heavy atom. The lowest BCUT2D eigenvalue weighted by atomic mass is 9.89. The van der Waals surface area contributed by atoms with E-state index in [2.05, 4.69) is 28.5 Å². The molecule has 1 aliphatic carbocycles. The molecule has 0 saturated carbocycles. The lowest BCUT2D eigenvalue weighted by Crippen LogP contribution is -2.27. The maximum atomic E-state index is 12.8. The fourth-order valence-electron chi connectivity index (χ4n) is 3.67. The van der Waals surface area contributed by atoms with Gasteiger partial charge in [0.2, 0.25) is 0 Å². The maximum absolute atomic E-state index is 12.8. The van der Waals surface area contributed by atoms with E-state index in [1.165, 1.54) is 36.0 Å². The molecule has 2 aromatic carbocycles. The zero-order valence-electron chi connectivity index (χ0n) is 14.5. The highest BCUT2D eigenvalue weighted by molar-refractivity contribution is 6.05. The fraction of sp³-hybridized carbons (Fsp3) is 0.273. The van der Waals surface area contributed by atoms with Crippen molar-refractivity contribution in [2.24, 2.45) is 0 Å². The summed E-state index contributed by atoms with van der Waals surface area (Å²) in [5.74, 6) is -0.0745. The lowest BCUT2D eigenvalue weighted by Gasteiger charge is -2.20. The summed E-state index contributed by atoms with van der Waals surface area (Å²) in [6, 6.07) is 16.2. The number of aryl methyl sites for hydroxylation is 2. The number of pyridine rings is 1. The van der Waals surface area contributed by atoms with Crippen LogP contribution in [0.5, 0.6) is 0 Å². The van der Waals surface area contributed by atoms with Crippen LogP contribution in [-0.2, 0) is 12.8 Å². The summed E-state index contributed by atoms with van der Waals surface area (Å²) in [5, 5.41) is 4.12. The van der Waals surface area contributed by atoms with Crippen molar-refractivity contribution in [3.05, 3.63) is 77.0 Å². The molecule has 1 unspecified atom stereocenters. The van der Waals surface area contributed by atoms with Gasteiger partial charge >= 0.3 is 0 Å². The van der Waals surface area contributed by atoms with Crippen molar-refractivity contribution < 1.29 is 4.79 Å². The Morgan fingerprint density at radius 3 is 2.72 bits per heavy atom. The van der Waals surface area contributed by atoms with Crippen LogP contribution in [0.1, 0.15) is 52.9 Å². The Labute approximate surface area is 148 Å². The first-order valence-corrected chi connectivity index (χ1v) is 8.99. The first-order chi connectivity index (χ1) is 12.2. The zero-order chi connectivity index (χ0) is 17.2. The number of amides is 1. The van der Waals surface area contributed by atoms with E-state index in [1.54, 1.807) is 6.20 Å². The molecule has 3 aromatic rings. The SMILES string of the molecule is CC(NC(=O)c1cccc2cccnc12)c1ccc2c(c1)CCCC2. The van der Waals surface area contributed by atoms with Crippen LogP contribution in [0.2, 0.25) is 0 Å². The Balaban J connectivity index is 1.58. The molecule has 0 fully saturated rings. The Bertz CT molecular complexity index is 927. The zero-order valence-corrected chi connectivity index (χ0v) is 14.5. The van der Waals surface area contributed by atoms with Gasteiger partial charge in [-0.2, -0.15) is 0 Å². The minimum Gasteiger partial charge on any atom is -0.345 e. The molecule has 0 aliphatic heterocycles. The second-order valence-corrected chi connectivity index (χ2v) is 6.81. The third-order valence-corrected chi connectivity index (χ3v) is 5.10. The first kappa shape index (κ1) is 15.8. The van der Waals surface area contributed by atoms with E-state index in [0.29, 0.717) is 5.56 Å². The molecule has 126 valence electrons. The molecule has 1 aliphatic rings. The van der Waals surface area contributed by atoms with Gasteiger partial charge in [0.25, 0.3) is 5.91 Å². The highest BCUT2D eigenvalue weighted by Crippen LogP contribution is 2.25. The maximum Gasteiger partial charge on any atom is 0.253 e. The van der Waals surface area contributed by atoms with Gasteiger partial charge in [-0.05, 0) is 61.4 Å². The number of aromatic nitrogens is 1. The fourth-order valence-corrected chi connectivity index (χ4v) is 3.67. The summed E-state index contributed by atoms with van der Waals surface area (Å²) >= 11 is 0. The Morgan fingerprint density at radius 2 is 1.84 bits per heavy atom. The summed E-state index contributed by atoms with van der Waals surface area (Å²) in [5.41, 5.74) is 5.45. The number of nitrogens with zero attached hydrogens (tertiary/aromatic N) is 1. The van der Waals surface area contributed by atoms with E-state index < -0.39 is 0 Å². The van der Waals surface area contributed by atoms with Crippen molar-refractivity contribution >= 4 is 16.8 Å². The second kappa shape index (κ2) is 6.67. The van der Waals surface area contributed by atoms with Gasteiger partial charge in [0.15, 0.2) is 0 Å². The van der Waals surface area contributed by atoms with E-state index in [4.69, 9.17) is 0 Å². The van der Waals surface area contributed by atoms with Gasteiger partial charge in [-0.25, -0.2) is 0 Å². The number of carbonyl (C=O) groups is 1. The highest BCUT2D eigenvalue weighted by atomic mass is 16.1. The number of carbonyl (C=O) groups excluding carboxylic acids is 1. The van der Waals surface area contributed by atoms with Crippen LogP contribution < -0.4 is 5.32 Å². The second-order valence-electron chi connectivity index (χ2n) is 6.81. The average molecular weight is 330 g/mol. The summed E-state index contributed by atoms with van der Waals surface area (Å²) in [4.78, 5) is 17.2. The minimum atomic E-state index is -0.0745. The number of hydrogen-bond donors (Lipinski definition) is 1.